The average Bonchev–Trinajstić information content (AvgIpc) is 3.05. The molecule has 2 atom stereocenters. The normalized spacial score (nSPS) is 25.8. The molecule has 4 rings (SSSR count). The molecule has 1 aliphatic heterocycles. The third kappa shape index (κ3) is 3.11. The monoisotopic (exact) mass is 341 g/mol. The van der Waals surface area contributed by atoms with Gasteiger partial charge in [-0.3, -0.25) is 10.2 Å². The topological polar surface area (TPSA) is 108 Å². The summed E-state index contributed by atoms with van der Waals surface area (Å²) in [5.74, 6) is 0.312. The van der Waals surface area contributed by atoms with Gasteiger partial charge in [0.2, 0.25) is 5.91 Å². The molecule has 1 aromatic heterocycles. The molecule has 1 unspecified atom stereocenters. The molecular formula is C17H23N7O. The Morgan fingerprint density at radius 1 is 1.40 bits per heavy atom. The van der Waals surface area contributed by atoms with E-state index in [0.717, 1.165) is 31.4 Å². The lowest BCUT2D eigenvalue weighted by atomic mass is 9.82. The molecule has 1 amide bonds. The number of nitrogens with zero attached hydrogens (tertiary/aromatic N) is 5. The van der Waals surface area contributed by atoms with Crippen LogP contribution >= 0.6 is 0 Å². The minimum Gasteiger partial charge on any atom is -0.345 e. The highest BCUT2D eigenvalue weighted by Crippen LogP contribution is 2.42. The van der Waals surface area contributed by atoms with Gasteiger partial charge < -0.3 is 5.32 Å². The first kappa shape index (κ1) is 16.1. The van der Waals surface area contributed by atoms with Gasteiger partial charge in [-0.1, -0.05) is 24.5 Å². The number of nitrogens with one attached hydrogen (secondary N) is 2. The van der Waals surface area contributed by atoms with Gasteiger partial charge in [-0.25, -0.2) is 4.68 Å². The SMILES string of the molecule is N#CC1(n2cc([C@@H](NC(=O)C3CC=NN3)C3CCCCC3)nn2)CC1. The molecule has 25 heavy (non-hydrogen) atoms. The summed E-state index contributed by atoms with van der Waals surface area (Å²) >= 11 is 0. The number of amides is 1. The molecule has 8 heteroatoms. The molecule has 8 nitrogen and oxygen atoms in total. The van der Waals surface area contributed by atoms with Crippen molar-refractivity contribution in [2.45, 2.75) is 69.0 Å². The van der Waals surface area contributed by atoms with E-state index in [1.54, 1.807) is 10.9 Å². The maximum absolute atomic E-state index is 12.6. The number of carbonyl (C=O) groups excluding carboxylic acids is 1. The number of aromatic nitrogens is 3. The van der Waals surface area contributed by atoms with E-state index in [0.29, 0.717) is 12.3 Å². The summed E-state index contributed by atoms with van der Waals surface area (Å²) in [4.78, 5) is 12.6. The molecule has 2 heterocycles. The van der Waals surface area contributed by atoms with Gasteiger partial charge in [-0.2, -0.15) is 10.4 Å². The van der Waals surface area contributed by atoms with Gasteiger partial charge in [0, 0.05) is 12.6 Å². The van der Waals surface area contributed by atoms with Crippen LogP contribution in [0.5, 0.6) is 0 Å². The smallest absolute Gasteiger partial charge is 0.245 e. The fraction of sp³-hybridized carbons (Fsp3) is 0.706. The Labute approximate surface area is 146 Å². The molecule has 1 aromatic rings. The second kappa shape index (κ2) is 6.47. The Balaban J connectivity index is 1.54. The lowest BCUT2D eigenvalue weighted by Gasteiger charge is -2.30. The van der Waals surface area contributed by atoms with Crippen molar-refractivity contribution in [1.29, 1.82) is 5.26 Å². The molecule has 0 spiro atoms. The number of carbonyl (C=O) groups is 1. The van der Waals surface area contributed by atoms with E-state index in [-0.39, 0.29) is 18.0 Å². The highest BCUT2D eigenvalue weighted by Gasteiger charge is 2.47. The van der Waals surface area contributed by atoms with Crippen LogP contribution in [-0.2, 0) is 10.3 Å². The molecule has 0 saturated heterocycles. The van der Waals surface area contributed by atoms with Gasteiger partial charge in [0.15, 0.2) is 5.54 Å². The third-order valence-corrected chi connectivity index (χ3v) is 5.60. The molecule has 132 valence electrons. The standard InChI is InChI=1S/C17H23N7O/c18-11-17(7-8-17)24-10-14(22-23-24)15(12-4-2-1-3-5-12)20-16(25)13-6-9-19-21-13/h9-10,12-13,15,21H,1-8H2,(H,20,25)/t13?,15-/m0/s1. The highest BCUT2D eigenvalue weighted by molar-refractivity contribution is 5.86. The fourth-order valence-electron chi connectivity index (χ4n) is 3.81. The van der Waals surface area contributed by atoms with E-state index >= 15 is 0 Å². The molecule has 2 aliphatic carbocycles. The number of hydrazone groups is 1. The van der Waals surface area contributed by atoms with Crippen LogP contribution in [0, 0.1) is 17.2 Å². The van der Waals surface area contributed by atoms with Crippen LogP contribution in [0.4, 0.5) is 0 Å². The molecule has 2 N–H and O–H groups in total. The zero-order valence-electron chi connectivity index (χ0n) is 14.2. The zero-order chi connectivity index (χ0) is 17.3. The van der Waals surface area contributed by atoms with Crippen molar-refractivity contribution in [3.63, 3.8) is 0 Å². The van der Waals surface area contributed by atoms with E-state index in [1.165, 1.54) is 19.3 Å². The Hall–Kier alpha value is -2.43. The van der Waals surface area contributed by atoms with E-state index in [9.17, 15) is 10.1 Å². The molecular weight excluding hydrogens is 318 g/mol. The van der Waals surface area contributed by atoms with Crippen molar-refractivity contribution in [3.05, 3.63) is 11.9 Å². The van der Waals surface area contributed by atoms with Crippen molar-refractivity contribution in [2.24, 2.45) is 11.0 Å². The lowest BCUT2D eigenvalue weighted by Crippen LogP contribution is -2.44. The predicted molar refractivity (Wildman–Crippen MR) is 90.3 cm³/mol. The zero-order valence-corrected chi connectivity index (χ0v) is 14.2. The van der Waals surface area contributed by atoms with Crippen molar-refractivity contribution in [2.75, 3.05) is 0 Å². The molecule has 2 fully saturated rings. The van der Waals surface area contributed by atoms with Crippen molar-refractivity contribution < 1.29 is 4.79 Å². The lowest BCUT2D eigenvalue weighted by molar-refractivity contribution is -0.124. The van der Waals surface area contributed by atoms with Crippen LogP contribution in [0.15, 0.2) is 11.3 Å². The number of hydrogen-bond donors (Lipinski definition) is 2. The Morgan fingerprint density at radius 2 is 2.20 bits per heavy atom. The minimum atomic E-state index is -0.521. The predicted octanol–water partition coefficient (Wildman–Crippen LogP) is 1.38. The summed E-state index contributed by atoms with van der Waals surface area (Å²) in [5.41, 5.74) is 3.08. The molecule has 0 radical (unpaired) electrons. The van der Waals surface area contributed by atoms with Gasteiger partial charge in [0.1, 0.15) is 11.7 Å². The molecule has 3 aliphatic rings. The summed E-state index contributed by atoms with van der Waals surface area (Å²) in [6, 6.07) is 1.87. The third-order valence-electron chi connectivity index (χ3n) is 5.60. The number of hydrogen-bond acceptors (Lipinski definition) is 6. The Kier molecular flexibility index (Phi) is 4.15. The van der Waals surface area contributed by atoms with Crippen LogP contribution in [0.3, 0.4) is 0 Å². The summed E-state index contributed by atoms with van der Waals surface area (Å²) < 4.78 is 1.68. The Bertz CT molecular complexity index is 701. The van der Waals surface area contributed by atoms with Crippen molar-refractivity contribution in [1.82, 2.24) is 25.7 Å². The first-order valence-corrected chi connectivity index (χ1v) is 9.13. The van der Waals surface area contributed by atoms with E-state index in [4.69, 9.17) is 0 Å². The number of nitriles is 1. The van der Waals surface area contributed by atoms with E-state index in [1.807, 2.05) is 6.20 Å². The summed E-state index contributed by atoms with van der Waals surface area (Å²) in [7, 11) is 0. The van der Waals surface area contributed by atoms with Gasteiger partial charge in [0.25, 0.3) is 0 Å². The maximum atomic E-state index is 12.6. The van der Waals surface area contributed by atoms with Gasteiger partial charge in [-0.15, -0.1) is 5.10 Å². The van der Waals surface area contributed by atoms with Crippen LogP contribution in [0.2, 0.25) is 0 Å². The van der Waals surface area contributed by atoms with Crippen LogP contribution < -0.4 is 10.7 Å². The van der Waals surface area contributed by atoms with Crippen molar-refractivity contribution in [3.8, 4) is 6.07 Å². The summed E-state index contributed by atoms with van der Waals surface area (Å²) in [6.45, 7) is 0. The largest absolute Gasteiger partial charge is 0.345 e. The number of rotatable bonds is 5. The molecule has 2 saturated carbocycles. The second-order valence-electron chi connectivity index (χ2n) is 7.34. The second-order valence-corrected chi connectivity index (χ2v) is 7.34. The van der Waals surface area contributed by atoms with Crippen LogP contribution in [0.25, 0.3) is 0 Å². The van der Waals surface area contributed by atoms with Gasteiger partial charge in [-0.05, 0) is 31.6 Å². The maximum Gasteiger partial charge on any atom is 0.245 e. The summed E-state index contributed by atoms with van der Waals surface area (Å²) in [6.07, 6.45) is 11.6. The van der Waals surface area contributed by atoms with Crippen LogP contribution in [-0.4, -0.2) is 33.2 Å². The van der Waals surface area contributed by atoms with Crippen molar-refractivity contribution >= 4 is 12.1 Å². The quantitative estimate of drug-likeness (QED) is 0.841. The summed E-state index contributed by atoms with van der Waals surface area (Å²) in [5, 5.41) is 25.0. The average molecular weight is 341 g/mol. The van der Waals surface area contributed by atoms with Gasteiger partial charge in [0.05, 0.1) is 18.3 Å². The van der Waals surface area contributed by atoms with E-state index in [2.05, 4.69) is 32.2 Å². The fourth-order valence-corrected chi connectivity index (χ4v) is 3.81. The Morgan fingerprint density at radius 3 is 2.84 bits per heavy atom. The minimum absolute atomic E-state index is 0.0518. The van der Waals surface area contributed by atoms with Crippen LogP contribution in [0.1, 0.15) is 63.1 Å². The molecule has 0 bridgehead atoms. The molecule has 0 aromatic carbocycles. The van der Waals surface area contributed by atoms with Gasteiger partial charge >= 0.3 is 0 Å². The highest BCUT2D eigenvalue weighted by atomic mass is 16.2. The first-order valence-electron chi connectivity index (χ1n) is 9.13. The first-order chi connectivity index (χ1) is 12.2. The van der Waals surface area contributed by atoms with E-state index < -0.39 is 5.54 Å².